The molecule has 0 bridgehead atoms. The van der Waals surface area contributed by atoms with Gasteiger partial charge in [-0.3, -0.25) is 4.79 Å². The largest absolute Gasteiger partial charge is 0.494 e. The first kappa shape index (κ1) is 13.4. The fraction of sp³-hybridized carbons (Fsp3) is 0.417. The Labute approximate surface area is 114 Å². The molecule has 0 saturated heterocycles. The van der Waals surface area contributed by atoms with Gasteiger partial charge in [0.2, 0.25) is 5.91 Å². The van der Waals surface area contributed by atoms with E-state index in [0.29, 0.717) is 12.0 Å². The van der Waals surface area contributed by atoms with Crippen molar-refractivity contribution in [1.29, 1.82) is 0 Å². The second kappa shape index (κ2) is 4.94. The van der Waals surface area contributed by atoms with Crippen LogP contribution in [-0.4, -0.2) is 17.4 Å². The van der Waals surface area contributed by atoms with Crippen LogP contribution < -0.4 is 10.1 Å². The maximum absolute atomic E-state index is 13.4. The van der Waals surface area contributed by atoms with Crippen molar-refractivity contribution in [3.05, 3.63) is 29.6 Å². The predicted octanol–water partition coefficient (Wildman–Crippen LogP) is 2.64. The lowest BCUT2D eigenvalue weighted by Gasteiger charge is -2.07. The average Bonchev–Trinajstić information content (AvgIpc) is 2.96. The lowest BCUT2D eigenvalue weighted by Crippen LogP contribution is -2.26. The van der Waals surface area contributed by atoms with E-state index in [-0.39, 0.29) is 24.1 Å². The van der Waals surface area contributed by atoms with Gasteiger partial charge in [0.15, 0.2) is 11.6 Å². The molecule has 0 spiro atoms. The molecular formula is C12H12Cl2FNO2. The summed E-state index contributed by atoms with van der Waals surface area (Å²) in [7, 11) is 1.40. The molecule has 1 unspecified atom stereocenters. The van der Waals surface area contributed by atoms with E-state index >= 15 is 0 Å². The smallest absolute Gasteiger partial charge is 0.226 e. The van der Waals surface area contributed by atoms with E-state index in [1.165, 1.54) is 19.2 Å². The van der Waals surface area contributed by atoms with Crippen molar-refractivity contribution in [2.45, 2.75) is 17.3 Å². The van der Waals surface area contributed by atoms with Crippen LogP contribution in [0.4, 0.5) is 4.39 Å². The third-order valence-corrected chi connectivity index (χ3v) is 3.66. The van der Waals surface area contributed by atoms with Crippen molar-refractivity contribution < 1.29 is 13.9 Å². The molecule has 1 atom stereocenters. The van der Waals surface area contributed by atoms with Gasteiger partial charge in [-0.2, -0.15) is 0 Å². The van der Waals surface area contributed by atoms with Crippen LogP contribution >= 0.6 is 23.2 Å². The third-order valence-electron chi connectivity index (χ3n) is 2.83. The predicted molar refractivity (Wildman–Crippen MR) is 67.3 cm³/mol. The van der Waals surface area contributed by atoms with Crippen molar-refractivity contribution >= 4 is 29.1 Å². The molecule has 6 heteroatoms. The molecular weight excluding hydrogens is 280 g/mol. The molecule has 1 aliphatic carbocycles. The van der Waals surface area contributed by atoms with Gasteiger partial charge in [0, 0.05) is 6.54 Å². The first-order valence-electron chi connectivity index (χ1n) is 5.42. The highest BCUT2D eigenvalue weighted by atomic mass is 35.5. The van der Waals surface area contributed by atoms with Crippen LogP contribution in [-0.2, 0) is 11.3 Å². The van der Waals surface area contributed by atoms with E-state index in [1.807, 2.05) is 0 Å². The van der Waals surface area contributed by atoms with Crippen molar-refractivity contribution in [1.82, 2.24) is 5.32 Å². The maximum atomic E-state index is 13.4. The van der Waals surface area contributed by atoms with E-state index < -0.39 is 10.2 Å². The summed E-state index contributed by atoms with van der Waals surface area (Å²) < 4.78 is 17.3. The van der Waals surface area contributed by atoms with Crippen molar-refractivity contribution in [2.24, 2.45) is 5.92 Å². The van der Waals surface area contributed by atoms with Gasteiger partial charge in [0.1, 0.15) is 4.33 Å². The molecule has 1 aromatic carbocycles. The number of hydrogen-bond acceptors (Lipinski definition) is 2. The van der Waals surface area contributed by atoms with E-state index in [9.17, 15) is 9.18 Å². The summed E-state index contributed by atoms with van der Waals surface area (Å²) in [5, 5.41) is 2.67. The van der Waals surface area contributed by atoms with Crippen molar-refractivity contribution in [2.75, 3.05) is 7.11 Å². The molecule has 1 N–H and O–H groups in total. The van der Waals surface area contributed by atoms with Crippen LogP contribution in [0.15, 0.2) is 18.2 Å². The highest BCUT2D eigenvalue weighted by Gasteiger charge is 2.56. The zero-order valence-electron chi connectivity index (χ0n) is 9.67. The maximum Gasteiger partial charge on any atom is 0.226 e. The highest BCUT2D eigenvalue weighted by molar-refractivity contribution is 6.52. The zero-order valence-corrected chi connectivity index (χ0v) is 11.2. The molecule has 0 radical (unpaired) electrons. The summed E-state index contributed by atoms with van der Waals surface area (Å²) in [6.45, 7) is 0.236. The minimum Gasteiger partial charge on any atom is -0.494 e. The lowest BCUT2D eigenvalue weighted by molar-refractivity contribution is -0.122. The van der Waals surface area contributed by atoms with E-state index in [4.69, 9.17) is 27.9 Å². The van der Waals surface area contributed by atoms with E-state index in [1.54, 1.807) is 6.07 Å². The minimum atomic E-state index is -0.935. The number of amides is 1. The Balaban J connectivity index is 1.91. The Morgan fingerprint density at radius 1 is 1.61 bits per heavy atom. The van der Waals surface area contributed by atoms with Crippen LogP contribution in [0.1, 0.15) is 12.0 Å². The van der Waals surface area contributed by atoms with Crippen molar-refractivity contribution in [3.63, 3.8) is 0 Å². The Bertz CT molecular complexity index is 479. The lowest BCUT2D eigenvalue weighted by atomic mass is 10.2. The Morgan fingerprint density at radius 3 is 2.78 bits per heavy atom. The average molecular weight is 292 g/mol. The van der Waals surface area contributed by atoms with Gasteiger partial charge in [0.25, 0.3) is 0 Å². The molecule has 3 nitrogen and oxygen atoms in total. The summed E-state index contributed by atoms with van der Waals surface area (Å²) in [4.78, 5) is 11.6. The van der Waals surface area contributed by atoms with E-state index in [2.05, 4.69) is 5.32 Å². The number of rotatable bonds is 4. The van der Waals surface area contributed by atoms with Crippen molar-refractivity contribution in [3.8, 4) is 5.75 Å². The highest BCUT2D eigenvalue weighted by Crippen LogP contribution is 2.53. The van der Waals surface area contributed by atoms with Gasteiger partial charge in [-0.25, -0.2) is 4.39 Å². The summed E-state index contributed by atoms with van der Waals surface area (Å²) in [6, 6.07) is 4.52. The van der Waals surface area contributed by atoms with Crippen LogP contribution in [0, 0.1) is 11.7 Å². The number of ether oxygens (including phenoxy) is 1. The number of alkyl halides is 2. The van der Waals surface area contributed by atoms with Gasteiger partial charge in [-0.05, 0) is 24.1 Å². The second-order valence-corrected chi connectivity index (χ2v) is 5.75. The topological polar surface area (TPSA) is 38.3 Å². The standard InChI is InChI=1S/C12H12Cl2FNO2/c1-18-10-3-2-7(4-9(10)15)6-16-11(17)8-5-12(8,13)14/h2-4,8H,5-6H2,1H3,(H,16,17). The summed E-state index contributed by atoms with van der Waals surface area (Å²) in [6.07, 6.45) is 0.457. The van der Waals surface area contributed by atoms with Crippen LogP contribution in [0.3, 0.4) is 0 Å². The Hall–Kier alpha value is -1.00. The molecule has 0 heterocycles. The molecule has 0 aliphatic heterocycles. The third kappa shape index (κ3) is 2.87. The first-order valence-corrected chi connectivity index (χ1v) is 6.17. The Kier molecular flexibility index (Phi) is 3.69. The summed E-state index contributed by atoms with van der Waals surface area (Å²) in [5.41, 5.74) is 0.650. The van der Waals surface area contributed by atoms with Gasteiger partial charge in [-0.1, -0.05) is 6.07 Å². The SMILES string of the molecule is COc1ccc(CNC(=O)C2CC2(Cl)Cl)cc1F. The van der Waals surface area contributed by atoms with Gasteiger partial charge in [-0.15, -0.1) is 23.2 Å². The number of methoxy groups -OCH3 is 1. The minimum absolute atomic E-state index is 0.174. The molecule has 2 rings (SSSR count). The number of halogens is 3. The van der Waals surface area contributed by atoms with Crippen LogP contribution in [0.25, 0.3) is 0 Å². The monoisotopic (exact) mass is 291 g/mol. The molecule has 1 aliphatic rings. The zero-order chi connectivity index (χ0) is 13.3. The number of carbonyl (C=O) groups excluding carboxylic acids is 1. The normalized spacial score (nSPS) is 20.3. The van der Waals surface area contributed by atoms with Gasteiger partial charge < -0.3 is 10.1 Å². The number of carbonyl (C=O) groups is 1. The fourth-order valence-corrected chi connectivity index (χ4v) is 2.14. The van der Waals surface area contributed by atoms with E-state index in [0.717, 1.165) is 0 Å². The number of nitrogens with one attached hydrogen (secondary N) is 1. The number of benzene rings is 1. The molecule has 1 aromatic rings. The molecule has 1 amide bonds. The Morgan fingerprint density at radius 2 is 2.28 bits per heavy atom. The molecule has 0 aromatic heterocycles. The molecule has 1 saturated carbocycles. The molecule has 18 heavy (non-hydrogen) atoms. The molecule has 98 valence electrons. The van der Waals surface area contributed by atoms with Gasteiger partial charge >= 0.3 is 0 Å². The quantitative estimate of drug-likeness (QED) is 0.866. The summed E-state index contributed by atoms with van der Waals surface area (Å²) in [5.74, 6) is -0.868. The molecule has 1 fully saturated rings. The van der Waals surface area contributed by atoms with Gasteiger partial charge in [0.05, 0.1) is 13.0 Å². The summed E-state index contributed by atoms with van der Waals surface area (Å²) >= 11 is 11.6. The van der Waals surface area contributed by atoms with Crippen LogP contribution in [0.2, 0.25) is 0 Å². The second-order valence-electron chi connectivity index (χ2n) is 4.20. The fourth-order valence-electron chi connectivity index (χ4n) is 1.63. The number of hydrogen-bond donors (Lipinski definition) is 1. The first-order chi connectivity index (χ1) is 8.44. The van der Waals surface area contributed by atoms with Crippen LogP contribution in [0.5, 0.6) is 5.75 Å².